The van der Waals surface area contributed by atoms with Gasteiger partial charge in [-0.15, -0.1) is 0 Å². The Labute approximate surface area is 144 Å². The number of benzene rings is 2. The number of nitrogens with two attached hydrogens (primary N) is 1. The monoisotopic (exact) mass is 351 g/mol. The fourth-order valence-electron chi connectivity index (χ4n) is 3.11. The average Bonchev–Trinajstić information content (AvgIpc) is 2.54. The maximum Gasteiger partial charge on any atom is 0.416 e. The van der Waals surface area contributed by atoms with Gasteiger partial charge in [-0.05, 0) is 36.1 Å². The van der Waals surface area contributed by atoms with Crippen molar-refractivity contribution in [2.45, 2.75) is 31.6 Å². The predicted molar refractivity (Wildman–Crippen MR) is 90.4 cm³/mol. The van der Waals surface area contributed by atoms with Crippen LogP contribution in [-0.4, -0.2) is 11.9 Å². The van der Waals surface area contributed by atoms with E-state index in [4.69, 9.17) is 5.73 Å². The van der Waals surface area contributed by atoms with Gasteiger partial charge in [0.25, 0.3) is 0 Å². The number of hydrogen-bond acceptors (Lipinski definition) is 3. The molecule has 2 aromatic rings. The lowest BCUT2D eigenvalue weighted by molar-refractivity contribution is -0.137. The molecule has 1 aliphatic rings. The van der Waals surface area contributed by atoms with E-state index in [1.165, 1.54) is 6.07 Å². The van der Waals surface area contributed by atoms with Gasteiger partial charge in [-0.3, -0.25) is 4.79 Å². The van der Waals surface area contributed by atoms with Gasteiger partial charge in [-0.25, -0.2) is 0 Å². The van der Waals surface area contributed by atoms with Gasteiger partial charge in [0, 0.05) is 12.2 Å². The van der Waals surface area contributed by atoms with E-state index in [1.54, 1.807) is 4.90 Å². The zero-order valence-electron chi connectivity index (χ0n) is 13.6. The highest BCUT2D eigenvalue weighted by molar-refractivity contribution is 5.85. The van der Waals surface area contributed by atoms with Gasteiger partial charge in [-0.2, -0.15) is 13.2 Å². The van der Waals surface area contributed by atoms with Crippen molar-refractivity contribution in [1.82, 2.24) is 6.15 Å². The van der Waals surface area contributed by atoms with Crippen molar-refractivity contribution >= 4 is 11.6 Å². The largest absolute Gasteiger partial charge is 0.416 e. The summed E-state index contributed by atoms with van der Waals surface area (Å²) >= 11 is 0. The van der Waals surface area contributed by atoms with Crippen LogP contribution in [-0.2, 0) is 23.9 Å². The number of primary amides is 1. The van der Waals surface area contributed by atoms with E-state index in [9.17, 15) is 18.0 Å². The molecule has 0 radical (unpaired) electrons. The summed E-state index contributed by atoms with van der Waals surface area (Å²) in [5.41, 5.74) is 6.92. The SMILES string of the molecule is N.NC(=O)C1CCc2ccc(C(F)(F)F)cc2N1Cc1ccccc1. The summed E-state index contributed by atoms with van der Waals surface area (Å²) in [7, 11) is 0. The highest BCUT2D eigenvalue weighted by atomic mass is 19.4. The molecule has 1 aliphatic heterocycles. The summed E-state index contributed by atoms with van der Waals surface area (Å²) < 4.78 is 39.2. The Hall–Kier alpha value is -2.54. The molecule has 25 heavy (non-hydrogen) atoms. The summed E-state index contributed by atoms with van der Waals surface area (Å²) in [6, 6.07) is 12.4. The standard InChI is InChI=1S/C18H17F3N2O.H3N/c19-18(20,21)14-8-6-13-7-9-15(17(22)24)23(16(13)10-14)11-12-4-2-1-3-5-12;/h1-6,8,10,15H,7,9,11H2,(H2,22,24);1H3. The van der Waals surface area contributed by atoms with Crippen LogP contribution in [0.25, 0.3) is 0 Å². The van der Waals surface area contributed by atoms with E-state index in [-0.39, 0.29) is 6.15 Å². The molecule has 0 spiro atoms. The van der Waals surface area contributed by atoms with Crippen molar-refractivity contribution in [3.05, 3.63) is 65.2 Å². The predicted octanol–water partition coefficient (Wildman–Crippen LogP) is 3.67. The van der Waals surface area contributed by atoms with Crippen molar-refractivity contribution in [2.24, 2.45) is 5.73 Å². The van der Waals surface area contributed by atoms with Crippen LogP contribution in [0.3, 0.4) is 0 Å². The van der Waals surface area contributed by atoms with Crippen LogP contribution in [0.5, 0.6) is 0 Å². The molecule has 1 atom stereocenters. The van der Waals surface area contributed by atoms with Crippen LogP contribution in [0.15, 0.2) is 48.5 Å². The zero-order valence-corrected chi connectivity index (χ0v) is 13.6. The number of amides is 1. The lowest BCUT2D eigenvalue weighted by atomic mass is 9.93. The van der Waals surface area contributed by atoms with Gasteiger partial charge in [0.1, 0.15) is 6.04 Å². The van der Waals surface area contributed by atoms with E-state index in [0.29, 0.717) is 25.1 Å². The maximum absolute atomic E-state index is 13.1. The first-order valence-electron chi connectivity index (χ1n) is 7.66. The number of rotatable bonds is 3. The minimum atomic E-state index is -4.42. The molecule has 0 fully saturated rings. The number of alkyl halides is 3. The second-order valence-electron chi connectivity index (χ2n) is 5.91. The van der Waals surface area contributed by atoms with Crippen LogP contribution >= 0.6 is 0 Å². The Morgan fingerprint density at radius 1 is 1.16 bits per heavy atom. The van der Waals surface area contributed by atoms with Gasteiger partial charge >= 0.3 is 6.18 Å². The molecule has 0 saturated carbocycles. The lowest BCUT2D eigenvalue weighted by Crippen LogP contribution is -2.47. The quantitative estimate of drug-likeness (QED) is 0.885. The minimum absolute atomic E-state index is 0. The van der Waals surface area contributed by atoms with Gasteiger partial charge in [0.15, 0.2) is 0 Å². The number of carbonyl (C=O) groups excluding carboxylic acids is 1. The second kappa shape index (κ2) is 7.14. The maximum atomic E-state index is 13.1. The van der Waals surface area contributed by atoms with Crippen LogP contribution in [0.2, 0.25) is 0 Å². The minimum Gasteiger partial charge on any atom is -0.368 e. The fourth-order valence-corrected chi connectivity index (χ4v) is 3.11. The van der Waals surface area contributed by atoms with E-state index in [0.717, 1.165) is 23.3 Å². The smallest absolute Gasteiger partial charge is 0.368 e. The first kappa shape index (κ1) is 18.8. The van der Waals surface area contributed by atoms with Crippen molar-refractivity contribution in [3.63, 3.8) is 0 Å². The molecule has 0 saturated heterocycles. The normalized spacial score (nSPS) is 16.8. The van der Waals surface area contributed by atoms with E-state index < -0.39 is 23.7 Å². The summed E-state index contributed by atoms with van der Waals surface area (Å²) in [5.74, 6) is -0.519. The molecule has 0 aromatic heterocycles. The van der Waals surface area contributed by atoms with Gasteiger partial charge in [0.05, 0.1) is 5.56 Å². The third-order valence-electron chi connectivity index (χ3n) is 4.31. The van der Waals surface area contributed by atoms with E-state index >= 15 is 0 Å². The molecule has 1 unspecified atom stereocenters. The third-order valence-corrected chi connectivity index (χ3v) is 4.31. The molecular formula is C18H20F3N3O. The highest BCUT2D eigenvalue weighted by Gasteiger charge is 2.35. The Morgan fingerprint density at radius 3 is 2.44 bits per heavy atom. The van der Waals surface area contributed by atoms with Crippen LogP contribution in [0.1, 0.15) is 23.1 Å². The van der Waals surface area contributed by atoms with Crippen LogP contribution < -0.4 is 16.8 Å². The van der Waals surface area contributed by atoms with Crippen molar-refractivity contribution in [3.8, 4) is 0 Å². The van der Waals surface area contributed by atoms with Gasteiger partial charge in [0.2, 0.25) is 5.91 Å². The first-order valence-corrected chi connectivity index (χ1v) is 7.66. The molecule has 4 nitrogen and oxygen atoms in total. The highest BCUT2D eigenvalue weighted by Crippen LogP contribution is 2.37. The number of aryl methyl sites for hydroxylation is 1. The molecule has 2 aromatic carbocycles. The van der Waals surface area contributed by atoms with Crippen molar-refractivity contribution in [1.29, 1.82) is 0 Å². The Kier molecular flexibility index (Phi) is 5.37. The molecule has 5 N–H and O–H groups in total. The van der Waals surface area contributed by atoms with Crippen LogP contribution in [0, 0.1) is 0 Å². The number of fused-ring (bicyclic) bond motifs is 1. The number of carbonyl (C=O) groups is 1. The van der Waals surface area contributed by atoms with Gasteiger partial charge < -0.3 is 16.8 Å². The fraction of sp³-hybridized carbons (Fsp3) is 0.278. The third kappa shape index (κ3) is 3.93. The Morgan fingerprint density at radius 2 is 1.84 bits per heavy atom. The molecule has 134 valence electrons. The number of nitrogens with zero attached hydrogens (tertiary/aromatic N) is 1. The van der Waals surface area contributed by atoms with E-state index in [1.807, 2.05) is 30.3 Å². The summed E-state index contributed by atoms with van der Waals surface area (Å²) in [6.07, 6.45) is -3.39. The Bertz CT molecular complexity index is 747. The summed E-state index contributed by atoms with van der Waals surface area (Å²) in [4.78, 5) is 13.5. The topological polar surface area (TPSA) is 81.3 Å². The lowest BCUT2D eigenvalue weighted by Gasteiger charge is -2.37. The first-order chi connectivity index (χ1) is 11.4. The molecule has 0 aliphatic carbocycles. The van der Waals surface area contributed by atoms with Crippen LogP contribution in [0.4, 0.5) is 18.9 Å². The number of halogens is 3. The number of anilines is 1. The second-order valence-corrected chi connectivity index (χ2v) is 5.91. The summed E-state index contributed by atoms with van der Waals surface area (Å²) in [6.45, 7) is 0.336. The average molecular weight is 351 g/mol. The molecular weight excluding hydrogens is 331 g/mol. The molecule has 7 heteroatoms. The van der Waals surface area contributed by atoms with Crippen molar-refractivity contribution < 1.29 is 18.0 Å². The molecule has 1 amide bonds. The van der Waals surface area contributed by atoms with E-state index in [2.05, 4.69) is 0 Å². The Balaban J connectivity index is 0.00000225. The zero-order chi connectivity index (χ0) is 17.3. The molecule has 3 rings (SSSR count). The number of hydrogen-bond donors (Lipinski definition) is 2. The molecule has 0 bridgehead atoms. The van der Waals surface area contributed by atoms with Gasteiger partial charge in [-0.1, -0.05) is 36.4 Å². The molecule has 1 heterocycles. The van der Waals surface area contributed by atoms with Crippen molar-refractivity contribution in [2.75, 3.05) is 4.90 Å². The summed E-state index contributed by atoms with van der Waals surface area (Å²) in [5, 5.41) is 0.